The minimum atomic E-state index is -1.15. The normalized spacial score (nSPS) is 13.1. The molecule has 0 amide bonds. The van der Waals surface area contributed by atoms with Crippen molar-refractivity contribution in [1.82, 2.24) is 0 Å². The van der Waals surface area contributed by atoms with Crippen LogP contribution in [0.5, 0.6) is 17.2 Å². The van der Waals surface area contributed by atoms with E-state index in [9.17, 15) is 35.1 Å². The van der Waals surface area contributed by atoms with Crippen LogP contribution in [0.4, 0.5) is 0 Å². The second-order valence-corrected chi connectivity index (χ2v) is 8.30. The van der Waals surface area contributed by atoms with Crippen LogP contribution in [0.25, 0.3) is 0 Å². The van der Waals surface area contributed by atoms with Crippen LogP contribution in [0, 0.1) is 6.92 Å². The number of aryl methyl sites for hydroxylation is 1. The molecule has 0 aliphatic rings. The van der Waals surface area contributed by atoms with Crippen molar-refractivity contribution >= 4 is 24.4 Å². The fraction of sp³-hybridized carbons (Fsp3) is 0.185. The van der Waals surface area contributed by atoms with E-state index in [2.05, 4.69) is 9.98 Å². The van der Waals surface area contributed by atoms with Crippen LogP contribution >= 0.6 is 0 Å². The predicted octanol–water partition coefficient (Wildman–Crippen LogP) is 3.34. The first-order valence-corrected chi connectivity index (χ1v) is 11.0. The van der Waals surface area contributed by atoms with Gasteiger partial charge in [-0.3, -0.25) is 9.98 Å². The maximum absolute atomic E-state index is 11.7. The fourth-order valence-corrected chi connectivity index (χ4v) is 3.49. The zero-order valence-corrected chi connectivity index (χ0v) is 19.4. The average Bonchev–Trinajstić information content (AvgIpc) is 2.83. The molecule has 0 aliphatic carbocycles. The van der Waals surface area contributed by atoms with Crippen LogP contribution < -0.4 is 0 Å². The first kappa shape index (κ1) is 26.0. The molecule has 3 aromatic carbocycles. The molecule has 9 nitrogen and oxygen atoms in total. The average molecular weight is 491 g/mol. The Bertz CT molecular complexity index is 1190. The summed E-state index contributed by atoms with van der Waals surface area (Å²) in [7, 11) is 0. The van der Waals surface area contributed by atoms with Crippen molar-refractivity contribution in [2.24, 2.45) is 9.98 Å². The Morgan fingerprint density at radius 2 is 1.08 bits per heavy atom. The summed E-state index contributed by atoms with van der Waals surface area (Å²) in [6, 6.07) is 13.3. The van der Waals surface area contributed by atoms with Gasteiger partial charge in [0.1, 0.15) is 17.2 Å². The Hall–Kier alpha value is -4.66. The zero-order valence-electron chi connectivity index (χ0n) is 19.4. The lowest BCUT2D eigenvalue weighted by atomic mass is 10.0. The maximum Gasteiger partial charge on any atom is 0.328 e. The number of hydrogen-bond donors (Lipinski definition) is 5. The standard InChI is InChI=1S/C27H26N2O7/c1-16-10-19(14-28-23(26(33)34)12-17-2-6-21(30)7-3-17)25(32)20(11-16)15-29-24(27(35)36)13-18-4-8-22(31)9-5-18/h2-11,14-15,23-24,30-32H,12-13H2,1H3,(H,33,34)(H,35,36). The van der Waals surface area contributed by atoms with Gasteiger partial charge in [-0.15, -0.1) is 0 Å². The summed E-state index contributed by atoms with van der Waals surface area (Å²) in [6.07, 6.45) is 2.71. The summed E-state index contributed by atoms with van der Waals surface area (Å²) in [6.45, 7) is 1.77. The van der Waals surface area contributed by atoms with Crippen molar-refractivity contribution < 1.29 is 35.1 Å². The SMILES string of the molecule is Cc1cc(C=NC(Cc2ccc(O)cc2)C(=O)O)c(O)c(C=NC(Cc2ccc(O)cc2)C(=O)O)c1. The number of aromatic hydroxyl groups is 3. The molecule has 2 atom stereocenters. The molecule has 0 fully saturated rings. The van der Waals surface area contributed by atoms with Crippen LogP contribution in [0.3, 0.4) is 0 Å². The summed E-state index contributed by atoms with van der Waals surface area (Å²) in [5.74, 6) is -2.36. The van der Waals surface area contributed by atoms with Crippen LogP contribution in [-0.4, -0.2) is 62.0 Å². The highest BCUT2D eigenvalue weighted by Gasteiger charge is 2.18. The largest absolute Gasteiger partial charge is 0.508 e. The van der Waals surface area contributed by atoms with E-state index in [4.69, 9.17) is 0 Å². The summed E-state index contributed by atoms with van der Waals surface area (Å²) < 4.78 is 0. The summed E-state index contributed by atoms with van der Waals surface area (Å²) in [4.78, 5) is 31.7. The number of carboxylic acid groups (broad SMARTS) is 2. The highest BCUT2D eigenvalue weighted by molar-refractivity contribution is 5.93. The lowest BCUT2D eigenvalue weighted by molar-refractivity contribution is -0.139. The van der Waals surface area contributed by atoms with Crippen LogP contribution in [0.2, 0.25) is 0 Å². The molecule has 0 radical (unpaired) electrons. The number of carbonyl (C=O) groups is 2. The topological polar surface area (TPSA) is 160 Å². The third-order valence-electron chi connectivity index (χ3n) is 5.40. The number of aliphatic imine (C=N–C) groups is 2. The number of hydrogen-bond acceptors (Lipinski definition) is 7. The molecular weight excluding hydrogens is 464 g/mol. The van der Waals surface area contributed by atoms with Gasteiger partial charge >= 0.3 is 11.9 Å². The lowest BCUT2D eigenvalue weighted by Crippen LogP contribution is -2.21. The fourth-order valence-electron chi connectivity index (χ4n) is 3.49. The highest BCUT2D eigenvalue weighted by Crippen LogP contribution is 2.23. The molecule has 0 saturated carbocycles. The number of phenols is 3. The Balaban J connectivity index is 1.82. The van der Waals surface area contributed by atoms with Crippen molar-refractivity contribution in [1.29, 1.82) is 0 Å². The van der Waals surface area contributed by atoms with E-state index in [0.29, 0.717) is 11.1 Å². The van der Waals surface area contributed by atoms with E-state index in [1.807, 2.05) is 0 Å². The third-order valence-corrected chi connectivity index (χ3v) is 5.40. The second kappa shape index (κ2) is 11.7. The van der Waals surface area contributed by atoms with Crippen molar-refractivity contribution in [2.45, 2.75) is 31.8 Å². The van der Waals surface area contributed by atoms with Gasteiger partial charge in [0.15, 0.2) is 12.1 Å². The monoisotopic (exact) mass is 490 g/mol. The van der Waals surface area contributed by atoms with E-state index < -0.39 is 24.0 Å². The van der Waals surface area contributed by atoms with Crippen molar-refractivity contribution in [2.75, 3.05) is 0 Å². The molecule has 2 unspecified atom stereocenters. The quantitative estimate of drug-likeness (QED) is 0.272. The van der Waals surface area contributed by atoms with Gasteiger partial charge in [-0.05, 0) is 60.0 Å². The summed E-state index contributed by atoms with van der Waals surface area (Å²) in [5.41, 5.74) is 2.60. The number of carboxylic acids is 2. The Kier molecular flexibility index (Phi) is 8.40. The second-order valence-electron chi connectivity index (χ2n) is 8.30. The molecular formula is C27H26N2O7. The lowest BCUT2D eigenvalue weighted by Gasteiger charge is -2.10. The van der Waals surface area contributed by atoms with Gasteiger partial charge in [0.05, 0.1) is 0 Å². The van der Waals surface area contributed by atoms with Gasteiger partial charge in [-0.1, -0.05) is 24.3 Å². The number of benzene rings is 3. The molecule has 0 heterocycles. The van der Waals surface area contributed by atoms with Crippen LogP contribution in [-0.2, 0) is 22.4 Å². The first-order valence-electron chi connectivity index (χ1n) is 11.0. The zero-order chi connectivity index (χ0) is 26.2. The molecule has 0 spiro atoms. The number of phenolic OH excluding ortho intramolecular Hbond substituents is 3. The maximum atomic E-state index is 11.7. The molecule has 0 aliphatic heterocycles. The minimum absolute atomic E-state index is 0.0706. The molecule has 36 heavy (non-hydrogen) atoms. The van der Waals surface area contributed by atoms with Gasteiger partial charge in [-0.2, -0.15) is 0 Å². The van der Waals surface area contributed by atoms with Gasteiger partial charge in [0, 0.05) is 36.4 Å². The molecule has 3 rings (SSSR count). The molecule has 0 saturated heterocycles. The first-order chi connectivity index (χ1) is 17.1. The van der Waals surface area contributed by atoms with Crippen molar-refractivity contribution in [3.05, 3.63) is 88.5 Å². The van der Waals surface area contributed by atoms with E-state index in [-0.39, 0.29) is 41.2 Å². The molecule has 0 bridgehead atoms. The summed E-state index contributed by atoms with van der Waals surface area (Å²) >= 11 is 0. The molecule has 0 aromatic heterocycles. The predicted molar refractivity (Wildman–Crippen MR) is 135 cm³/mol. The molecule has 9 heteroatoms. The smallest absolute Gasteiger partial charge is 0.328 e. The van der Waals surface area contributed by atoms with E-state index in [1.165, 1.54) is 36.7 Å². The number of aliphatic carboxylic acids is 2. The Morgan fingerprint density at radius 3 is 1.42 bits per heavy atom. The third kappa shape index (κ3) is 7.17. The van der Waals surface area contributed by atoms with E-state index >= 15 is 0 Å². The molecule has 5 N–H and O–H groups in total. The van der Waals surface area contributed by atoms with Crippen molar-refractivity contribution in [3.8, 4) is 17.2 Å². The van der Waals surface area contributed by atoms with Gasteiger partial charge in [0.25, 0.3) is 0 Å². The molecule has 186 valence electrons. The Labute approximate surface area is 207 Å². The van der Waals surface area contributed by atoms with Crippen LogP contribution in [0.1, 0.15) is 27.8 Å². The van der Waals surface area contributed by atoms with Gasteiger partial charge in [0.2, 0.25) is 0 Å². The minimum Gasteiger partial charge on any atom is -0.508 e. The van der Waals surface area contributed by atoms with Crippen molar-refractivity contribution in [3.63, 3.8) is 0 Å². The number of nitrogens with zero attached hydrogens (tertiary/aromatic N) is 2. The number of rotatable bonds is 10. The molecule has 3 aromatic rings. The van der Waals surface area contributed by atoms with Gasteiger partial charge in [-0.25, -0.2) is 9.59 Å². The van der Waals surface area contributed by atoms with E-state index in [1.54, 1.807) is 43.3 Å². The highest BCUT2D eigenvalue weighted by atomic mass is 16.4. The van der Waals surface area contributed by atoms with Gasteiger partial charge < -0.3 is 25.5 Å². The Morgan fingerprint density at radius 1 is 0.722 bits per heavy atom. The van der Waals surface area contributed by atoms with Crippen LogP contribution in [0.15, 0.2) is 70.6 Å². The van der Waals surface area contributed by atoms with E-state index in [0.717, 1.165) is 5.56 Å². The summed E-state index contributed by atoms with van der Waals surface area (Å²) in [5, 5.41) is 48.7.